The van der Waals surface area contributed by atoms with E-state index in [4.69, 9.17) is 4.74 Å². The number of carboxylic acid groups (broad SMARTS) is 1. The number of carbonyl (C=O) groups excluding carboxylic acids is 2. The Morgan fingerprint density at radius 2 is 1.71 bits per heavy atom. The summed E-state index contributed by atoms with van der Waals surface area (Å²) in [6, 6.07) is 15.0. The van der Waals surface area contributed by atoms with E-state index in [1.54, 1.807) is 12.2 Å². The van der Waals surface area contributed by atoms with Crippen LogP contribution in [0, 0.1) is 5.92 Å². The van der Waals surface area contributed by atoms with Gasteiger partial charge in [-0.05, 0) is 47.1 Å². The molecule has 2 aromatic rings. The van der Waals surface area contributed by atoms with Crippen molar-refractivity contribution in [3.63, 3.8) is 0 Å². The summed E-state index contributed by atoms with van der Waals surface area (Å²) in [4.78, 5) is 36.4. The van der Waals surface area contributed by atoms with Crippen molar-refractivity contribution >= 4 is 29.7 Å². The van der Waals surface area contributed by atoms with Crippen LogP contribution in [0.2, 0.25) is 0 Å². The molecule has 0 fully saturated rings. The molecular formula is C26H28N2O5S. The number of aliphatic carboxylic acids is 1. The van der Waals surface area contributed by atoms with E-state index < -0.39 is 24.0 Å². The molecule has 2 aromatic carbocycles. The number of alkyl carbamates (subject to hydrolysis) is 1. The maximum Gasteiger partial charge on any atom is 0.407 e. The van der Waals surface area contributed by atoms with E-state index in [1.807, 2.05) is 30.5 Å². The molecule has 178 valence electrons. The number of hydrogen-bond donors (Lipinski definition) is 3. The van der Waals surface area contributed by atoms with E-state index in [-0.39, 0.29) is 24.5 Å². The molecule has 2 amide bonds. The average Bonchev–Trinajstić information content (AvgIpc) is 3.43. The van der Waals surface area contributed by atoms with Gasteiger partial charge in [-0.1, -0.05) is 60.7 Å². The second-order valence-electron chi connectivity index (χ2n) is 8.48. The van der Waals surface area contributed by atoms with Crippen molar-refractivity contribution in [2.24, 2.45) is 5.92 Å². The fourth-order valence-corrected chi connectivity index (χ4v) is 5.04. The molecule has 0 spiro atoms. The second kappa shape index (κ2) is 10.8. The Hall–Kier alpha value is -3.26. The first-order chi connectivity index (χ1) is 16.5. The lowest BCUT2D eigenvalue weighted by Crippen LogP contribution is -2.44. The van der Waals surface area contributed by atoms with Gasteiger partial charge < -0.3 is 20.5 Å². The average molecular weight is 481 g/mol. The van der Waals surface area contributed by atoms with Gasteiger partial charge in [0, 0.05) is 5.92 Å². The third-order valence-corrected chi connectivity index (χ3v) is 6.94. The lowest BCUT2D eigenvalue weighted by atomic mass is 9.98. The molecule has 0 saturated heterocycles. The third-order valence-electron chi connectivity index (χ3n) is 6.29. The van der Waals surface area contributed by atoms with Crippen molar-refractivity contribution in [2.45, 2.75) is 30.8 Å². The van der Waals surface area contributed by atoms with Crippen LogP contribution in [-0.2, 0) is 14.3 Å². The molecule has 0 aromatic heterocycles. The zero-order chi connectivity index (χ0) is 24.1. The van der Waals surface area contributed by atoms with Gasteiger partial charge in [-0.2, -0.15) is 11.8 Å². The normalized spacial score (nSPS) is 19.2. The molecular weight excluding hydrogens is 452 g/mol. The smallest absolute Gasteiger partial charge is 0.407 e. The van der Waals surface area contributed by atoms with Gasteiger partial charge in [-0.15, -0.1) is 0 Å². The molecule has 0 bridgehead atoms. The Morgan fingerprint density at radius 1 is 1.06 bits per heavy atom. The van der Waals surface area contributed by atoms with Gasteiger partial charge >= 0.3 is 12.1 Å². The molecule has 34 heavy (non-hydrogen) atoms. The van der Waals surface area contributed by atoms with Gasteiger partial charge in [-0.3, -0.25) is 4.79 Å². The lowest BCUT2D eigenvalue weighted by Gasteiger charge is -2.18. The van der Waals surface area contributed by atoms with Gasteiger partial charge in [0.05, 0.1) is 12.0 Å². The lowest BCUT2D eigenvalue weighted by molar-refractivity contribution is -0.142. The summed E-state index contributed by atoms with van der Waals surface area (Å²) in [5.41, 5.74) is 4.61. The number of rotatable bonds is 9. The summed E-state index contributed by atoms with van der Waals surface area (Å²) in [5, 5.41) is 14.7. The molecule has 3 N–H and O–H groups in total. The zero-order valence-corrected chi connectivity index (χ0v) is 19.7. The third kappa shape index (κ3) is 5.28. The summed E-state index contributed by atoms with van der Waals surface area (Å²) >= 11 is 1.53. The Morgan fingerprint density at radius 3 is 2.32 bits per heavy atom. The maximum atomic E-state index is 12.5. The highest BCUT2D eigenvalue weighted by atomic mass is 32.2. The molecule has 0 aliphatic heterocycles. The topological polar surface area (TPSA) is 105 Å². The number of nitrogens with one attached hydrogen (secondary N) is 2. The number of fused-ring (bicyclic) bond motifs is 3. The Kier molecular flexibility index (Phi) is 7.57. The summed E-state index contributed by atoms with van der Waals surface area (Å²) in [7, 11) is 0. The van der Waals surface area contributed by atoms with E-state index >= 15 is 0 Å². The van der Waals surface area contributed by atoms with Crippen LogP contribution < -0.4 is 10.6 Å². The predicted octanol–water partition coefficient (Wildman–Crippen LogP) is 3.79. The van der Waals surface area contributed by atoms with Crippen molar-refractivity contribution in [3.05, 3.63) is 71.8 Å². The van der Waals surface area contributed by atoms with Crippen molar-refractivity contribution in [3.8, 4) is 11.1 Å². The Labute approximate surface area is 203 Å². The van der Waals surface area contributed by atoms with Crippen LogP contribution in [-0.4, -0.2) is 53.8 Å². The van der Waals surface area contributed by atoms with Gasteiger partial charge in [0.25, 0.3) is 0 Å². The number of hydrogen-bond acceptors (Lipinski definition) is 5. The molecule has 8 heteroatoms. The molecule has 2 aliphatic rings. The summed E-state index contributed by atoms with van der Waals surface area (Å²) in [6.07, 6.45) is 5.53. The van der Waals surface area contributed by atoms with Crippen LogP contribution in [0.1, 0.15) is 29.9 Å². The maximum absolute atomic E-state index is 12.5. The molecule has 0 saturated carbocycles. The Bertz CT molecular complexity index is 1060. The number of carbonyl (C=O) groups is 3. The molecule has 0 radical (unpaired) electrons. The first kappa shape index (κ1) is 23.9. The molecule has 3 unspecified atom stereocenters. The van der Waals surface area contributed by atoms with Crippen LogP contribution in [0.4, 0.5) is 4.79 Å². The molecule has 7 nitrogen and oxygen atoms in total. The Balaban J connectivity index is 1.28. The highest BCUT2D eigenvalue weighted by Crippen LogP contribution is 2.44. The first-order valence-corrected chi connectivity index (χ1v) is 12.7. The fourth-order valence-electron chi connectivity index (χ4n) is 4.56. The fraction of sp³-hybridized carbons (Fsp3) is 0.346. The van der Waals surface area contributed by atoms with Crippen LogP contribution in [0.5, 0.6) is 0 Å². The predicted molar refractivity (Wildman–Crippen MR) is 132 cm³/mol. The van der Waals surface area contributed by atoms with E-state index in [2.05, 4.69) is 34.9 Å². The molecule has 3 atom stereocenters. The van der Waals surface area contributed by atoms with Crippen molar-refractivity contribution in [1.29, 1.82) is 0 Å². The van der Waals surface area contributed by atoms with E-state index in [0.29, 0.717) is 18.6 Å². The zero-order valence-electron chi connectivity index (χ0n) is 18.9. The quantitative estimate of drug-likeness (QED) is 0.472. The summed E-state index contributed by atoms with van der Waals surface area (Å²) < 4.78 is 5.57. The largest absolute Gasteiger partial charge is 0.480 e. The van der Waals surface area contributed by atoms with Crippen molar-refractivity contribution in [2.75, 3.05) is 18.6 Å². The standard InChI is InChI=1S/C26H28N2O5S/c1-34-13-12-23(25(30)31)28-24(29)16-10-11-17(14-16)27-26(32)33-15-22-20-8-4-2-6-18(20)19-7-3-5-9-21(19)22/h2-11,16-17,22-23H,12-15H2,1H3,(H,27,32)(H,28,29)(H,30,31). The van der Waals surface area contributed by atoms with Gasteiger partial charge in [0.1, 0.15) is 12.6 Å². The second-order valence-corrected chi connectivity index (χ2v) is 9.47. The number of carboxylic acids is 1. The minimum absolute atomic E-state index is 0.0231. The van der Waals surface area contributed by atoms with Crippen LogP contribution >= 0.6 is 11.8 Å². The SMILES string of the molecule is CSCCC(NC(=O)C1C=CC(NC(=O)OCC2c3ccccc3-c3ccccc32)C1)C(=O)O. The van der Waals surface area contributed by atoms with Crippen molar-refractivity contribution < 1.29 is 24.2 Å². The van der Waals surface area contributed by atoms with Gasteiger partial charge in [0.15, 0.2) is 0 Å². The van der Waals surface area contributed by atoms with Crippen LogP contribution in [0.25, 0.3) is 11.1 Å². The number of amides is 2. The van der Waals surface area contributed by atoms with Gasteiger partial charge in [-0.25, -0.2) is 9.59 Å². The molecule has 4 rings (SSSR count). The number of ether oxygens (including phenoxy) is 1. The number of benzene rings is 2. The van der Waals surface area contributed by atoms with Crippen LogP contribution in [0.15, 0.2) is 60.7 Å². The van der Waals surface area contributed by atoms with E-state index in [9.17, 15) is 19.5 Å². The van der Waals surface area contributed by atoms with Gasteiger partial charge in [0.2, 0.25) is 5.91 Å². The monoisotopic (exact) mass is 480 g/mol. The molecule has 2 aliphatic carbocycles. The van der Waals surface area contributed by atoms with Crippen molar-refractivity contribution in [1.82, 2.24) is 10.6 Å². The van der Waals surface area contributed by atoms with Crippen LogP contribution in [0.3, 0.4) is 0 Å². The van der Waals surface area contributed by atoms with E-state index in [0.717, 1.165) is 22.3 Å². The summed E-state index contributed by atoms with van der Waals surface area (Å²) in [6.45, 7) is 0.218. The molecule has 0 heterocycles. The van der Waals surface area contributed by atoms with E-state index in [1.165, 1.54) is 11.8 Å². The highest BCUT2D eigenvalue weighted by molar-refractivity contribution is 7.98. The minimum atomic E-state index is -1.04. The minimum Gasteiger partial charge on any atom is -0.480 e. The summed E-state index contributed by atoms with van der Waals surface area (Å²) in [5.74, 6) is -1.26. The first-order valence-electron chi connectivity index (χ1n) is 11.3. The number of thioether (sulfide) groups is 1. The highest BCUT2D eigenvalue weighted by Gasteiger charge is 2.31.